The number of aliphatic hydroxyl groups excluding tert-OH is 1. The van der Waals surface area contributed by atoms with Crippen LogP contribution in [0.4, 0.5) is 4.39 Å². The Labute approximate surface area is 185 Å². The molecule has 1 aromatic heterocycles. The fourth-order valence-electron chi connectivity index (χ4n) is 4.08. The number of benzene rings is 2. The van der Waals surface area contributed by atoms with Crippen LogP contribution in [0.2, 0.25) is 0 Å². The van der Waals surface area contributed by atoms with E-state index in [1.54, 1.807) is 31.4 Å². The monoisotopic (exact) mass is 439 g/mol. The van der Waals surface area contributed by atoms with Gasteiger partial charge in [0.2, 0.25) is 5.91 Å². The fourth-order valence-corrected chi connectivity index (χ4v) is 4.08. The molecule has 32 heavy (non-hydrogen) atoms. The van der Waals surface area contributed by atoms with Gasteiger partial charge in [-0.3, -0.25) is 9.59 Å². The summed E-state index contributed by atoms with van der Waals surface area (Å²) < 4.78 is 21.8. The lowest BCUT2D eigenvalue weighted by atomic mass is 10.0. The van der Waals surface area contributed by atoms with Crippen molar-refractivity contribution in [1.29, 1.82) is 0 Å². The Morgan fingerprint density at radius 2 is 2.00 bits per heavy atom. The molecule has 1 aliphatic heterocycles. The first-order valence-corrected chi connectivity index (χ1v) is 10.6. The summed E-state index contributed by atoms with van der Waals surface area (Å²) in [6.07, 6.45) is 1.59. The number of fused-ring (bicyclic) bond motifs is 1. The summed E-state index contributed by atoms with van der Waals surface area (Å²) in [4.78, 5) is 24.4. The average Bonchev–Trinajstić information content (AvgIpc) is 3.13. The zero-order chi connectivity index (χ0) is 22.7. The molecular weight excluding hydrogens is 413 g/mol. The zero-order valence-corrected chi connectivity index (χ0v) is 17.8. The van der Waals surface area contributed by atoms with Gasteiger partial charge in [0, 0.05) is 37.3 Å². The molecule has 0 bridgehead atoms. The normalized spacial score (nSPS) is 18.5. The molecule has 8 heteroatoms. The second-order valence-electron chi connectivity index (χ2n) is 7.97. The second kappa shape index (κ2) is 9.50. The number of amides is 2. The van der Waals surface area contributed by atoms with Crippen molar-refractivity contribution in [3.8, 4) is 0 Å². The van der Waals surface area contributed by atoms with Gasteiger partial charge in [-0.05, 0) is 41.8 Å². The molecule has 0 saturated carbocycles. The SMILES string of the molecule is CNC(=O)c1ccc(Cn2cc(CC(=O)N[C@H]3CCOC[C@@H]3O)c3c(F)cccc32)cc1. The standard InChI is InChI=1S/C24H26FN3O4/c1-26-24(31)16-7-5-15(6-8-16)12-28-13-17(23-18(25)3-2-4-20(23)28)11-22(30)27-19-9-10-32-14-21(19)29/h2-8,13,19,21,29H,9-12,14H2,1H3,(H,26,31)(H,27,30)/t19-,21-/m0/s1. The Morgan fingerprint density at radius 3 is 2.72 bits per heavy atom. The van der Waals surface area contributed by atoms with Gasteiger partial charge in [0.15, 0.2) is 0 Å². The molecule has 2 aromatic carbocycles. The summed E-state index contributed by atoms with van der Waals surface area (Å²) >= 11 is 0. The van der Waals surface area contributed by atoms with Crippen LogP contribution in [0.3, 0.4) is 0 Å². The minimum absolute atomic E-state index is 0.00409. The number of nitrogens with zero attached hydrogens (tertiary/aromatic N) is 1. The number of nitrogens with one attached hydrogen (secondary N) is 2. The highest BCUT2D eigenvalue weighted by molar-refractivity contribution is 5.94. The first-order valence-electron chi connectivity index (χ1n) is 10.6. The van der Waals surface area contributed by atoms with E-state index in [1.807, 2.05) is 22.8 Å². The van der Waals surface area contributed by atoms with Crippen LogP contribution in [-0.4, -0.2) is 53.9 Å². The third-order valence-corrected chi connectivity index (χ3v) is 5.75. The number of aliphatic hydroxyl groups is 1. The summed E-state index contributed by atoms with van der Waals surface area (Å²) in [5.74, 6) is -0.814. The Morgan fingerprint density at radius 1 is 1.22 bits per heavy atom. The van der Waals surface area contributed by atoms with Crippen molar-refractivity contribution < 1.29 is 23.8 Å². The summed E-state index contributed by atoms with van der Waals surface area (Å²) in [7, 11) is 1.58. The summed E-state index contributed by atoms with van der Waals surface area (Å²) in [6, 6.07) is 11.7. The Balaban J connectivity index is 1.56. The molecule has 7 nitrogen and oxygen atoms in total. The number of rotatable bonds is 6. The molecule has 4 rings (SSSR count). The van der Waals surface area contributed by atoms with E-state index in [1.165, 1.54) is 6.07 Å². The van der Waals surface area contributed by atoms with Gasteiger partial charge < -0.3 is 25.0 Å². The highest BCUT2D eigenvalue weighted by atomic mass is 19.1. The van der Waals surface area contributed by atoms with Crippen LogP contribution in [0.15, 0.2) is 48.7 Å². The predicted molar refractivity (Wildman–Crippen MR) is 118 cm³/mol. The maximum absolute atomic E-state index is 14.7. The molecule has 2 atom stereocenters. The molecule has 3 N–H and O–H groups in total. The van der Waals surface area contributed by atoms with Crippen molar-refractivity contribution in [1.82, 2.24) is 15.2 Å². The van der Waals surface area contributed by atoms with E-state index in [2.05, 4.69) is 10.6 Å². The van der Waals surface area contributed by atoms with Gasteiger partial charge in [0.05, 0.1) is 30.7 Å². The summed E-state index contributed by atoms with van der Waals surface area (Å²) in [6.45, 7) is 1.14. The van der Waals surface area contributed by atoms with Crippen LogP contribution in [-0.2, 0) is 22.5 Å². The number of carbonyl (C=O) groups excluding carboxylic acids is 2. The number of halogens is 1. The smallest absolute Gasteiger partial charge is 0.251 e. The van der Waals surface area contributed by atoms with Gasteiger partial charge in [-0.25, -0.2) is 4.39 Å². The van der Waals surface area contributed by atoms with Gasteiger partial charge in [0.25, 0.3) is 5.91 Å². The maximum Gasteiger partial charge on any atom is 0.251 e. The quantitative estimate of drug-likeness (QED) is 0.548. The van der Waals surface area contributed by atoms with Crippen LogP contribution < -0.4 is 10.6 Å². The molecule has 0 unspecified atom stereocenters. The average molecular weight is 439 g/mol. The highest BCUT2D eigenvalue weighted by Gasteiger charge is 2.25. The Bertz CT molecular complexity index is 1130. The van der Waals surface area contributed by atoms with E-state index in [9.17, 15) is 19.1 Å². The van der Waals surface area contributed by atoms with Crippen molar-refractivity contribution in [3.05, 3.63) is 71.2 Å². The van der Waals surface area contributed by atoms with Crippen LogP contribution in [0.5, 0.6) is 0 Å². The molecule has 2 heterocycles. The Hall–Kier alpha value is -3.23. The molecule has 3 aromatic rings. The molecule has 0 aliphatic carbocycles. The molecule has 2 amide bonds. The lowest BCUT2D eigenvalue weighted by molar-refractivity contribution is -0.123. The van der Waals surface area contributed by atoms with Crippen LogP contribution in [0, 0.1) is 5.82 Å². The molecule has 1 fully saturated rings. The number of aromatic nitrogens is 1. The van der Waals surface area contributed by atoms with Gasteiger partial charge in [0.1, 0.15) is 5.82 Å². The van der Waals surface area contributed by atoms with E-state index in [-0.39, 0.29) is 36.7 Å². The first-order chi connectivity index (χ1) is 15.5. The van der Waals surface area contributed by atoms with Crippen molar-refractivity contribution in [3.63, 3.8) is 0 Å². The first kappa shape index (κ1) is 22.0. The van der Waals surface area contributed by atoms with Crippen LogP contribution in [0.1, 0.15) is 27.9 Å². The molecular formula is C24H26FN3O4. The van der Waals surface area contributed by atoms with E-state index in [0.717, 1.165) is 5.56 Å². The lowest BCUT2D eigenvalue weighted by Crippen LogP contribution is -2.49. The van der Waals surface area contributed by atoms with Gasteiger partial charge >= 0.3 is 0 Å². The van der Waals surface area contributed by atoms with Crippen molar-refractivity contribution in [2.75, 3.05) is 20.3 Å². The second-order valence-corrected chi connectivity index (χ2v) is 7.97. The van der Waals surface area contributed by atoms with Crippen LogP contribution in [0.25, 0.3) is 10.9 Å². The predicted octanol–water partition coefficient (Wildman–Crippen LogP) is 2.00. The lowest BCUT2D eigenvalue weighted by Gasteiger charge is -2.28. The van der Waals surface area contributed by atoms with E-state index in [0.29, 0.717) is 41.6 Å². The summed E-state index contributed by atoms with van der Waals surface area (Å²) in [5, 5.41) is 15.9. The zero-order valence-electron chi connectivity index (χ0n) is 17.8. The van der Waals surface area contributed by atoms with Gasteiger partial charge in [-0.2, -0.15) is 0 Å². The largest absolute Gasteiger partial charge is 0.389 e. The van der Waals surface area contributed by atoms with E-state index < -0.39 is 6.10 Å². The minimum atomic E-state index is -0.747. The highest BCUT2D eigenvalue weighted by Crippen LogP contribution is 2.26. The minimum Gasteiger partial charge on any atom is -0.389 e. The number of carbonyl (C=O) groups is 2. The topological polar surface area (TPSA) is 92.6 Å². The van der Waals surface area contributed by atoms with Gasteiger partial charge in [-0.15, -0.1) is 0 Å². The number of hydrogen-bond donors (Lipinski definition) is 3. The third kappa shape index (κ3) is 4.66. The molecule has 1 saturated heterocycles. The molecule has 0 radical (unpaired) electrons. The van der Waals surface area contributed by atoms with Crippen molar-refractivity contribution in [2.24, 2.45) is 0 Å². The maximum atomic E-state index is 14.7. The third-order valence-electron chi connectivity index (χ3n) is 5.75. The Kier molecular flexibility index (Phi) is 6.53. The fraction of sp³-hybridized carbons (Fsp3) is 0.333. The summed E-state index contributed by atoms with van der Waals surface area (Å²) in [5.41, 5.74) is 2.78. The van der Waals surface area contributed by atoms with E-state index >= 15 is 0 Å². The molecule has 168 valence electrons. The van der Waals surface area contributed by atoms with Crippen molar-refractivity contribution in [2.45, 2.75) is 31.5 Å². The molecule has 0 spiro atoms. The van der Waals surface area contributed by atoms with Crippen LogP contribution >= 0.6 is 0 Å². The number of ether oxygens (including phenoxy) is 1. The number of hydrogen-bond acceptors (Lipinski definition) is 4. The van der Waals surface area contributed by atoms with E-state index in [4.69, 9.17) is 4.74 Å². The van der Waals surface area contributed by atoms with Gasteiger partial charge in [-0.1, -0.05) is 18.2 Å². The molecule has 1 aliphatic rings. The van der Waals surface area contributed by atoms with Crippen molar-refractivity contribution >= 4 is 22.7 Å².